The minimum atomic E-state index is -5.29. The van der Waals surface area contributed by atoms with Crippen molar-refractivity contribution >= 4 is 27.9 Å². The van der Waals surface area contributed by atoms with Gasteiger partial charge in [0, 0.05) is 0 Å². The Labute approximate surface area is 194 Å². The van der Waals surface area contributed by atoms with E-state index in [1.165, 1.54) is 25.1 Å². The fourth-order valence-electron chi connectivity index (χ4n) is 2.46. The highest BCUT2D eigenvalue weighted by atomic mass is 32.2. The third-order valence-electron chi connectivity index (χ3n) is 4.07. The first-order valence-corrected chi connectivity index (χ1v) is 10.9. The van der Waals surface area contributed by atoms with Crippen molar-refractivity contribution in [1.82, 2.24) is 0 Å². The number of carbonyl (C=O) groups is 1. The summed E-state index contributed by atoms with van der Waals surface area (Å²) >= 11 is 0. The summed E-state index contributed by atoms with van der Waals surface area (Å²) in [6, 6.07) is 4.53. The highest BCUT2D eigenvalue weighted by Crippen LogP contribution is 2.37. The van der Waals surface area contributed by atoms with Crippen LogP contribution in [0.3, 0.4) is 0 Å². The Bertz CT molecular complexity index is 1190. The lowest BCUT2D eigenvalue weighted by atomic mass is 10.1. The molecule has 0 N–H and O–H groups in total. The lowest BCUT2D eigenvalue weighted by Gasteiger charge is -2.13. The molecule has 0 unspecified atom stereocenters. The number of oxime groups is 1. The van der Waals surface area contributed by atoms with Crippen LogP contribution in [-0.4, -0.2) is 26.7 Å². The van der Waals surface area contributed by atoms with Crippen LogP contribution in [-0.2, 0) is 36.3 Å². The van der Waals surface area contributed by atoms with Gasteiger partial charge in [-0.05, 0) is 48.9 Å². The van der Waals surface area contributed by atoms with E-state index in [9.17, 15) is 43.9 Å². The van der Waals surface area contributed by atoms with E-state index in [1.54, 1.807) is 0 Å². The van der Waals surface area contributed by atoms with Crippen LogP contribution in [0.15, 0.2) is 58.6 Å². The normalized spacial score (nSPS) is 13.2. The molecule has 0 spiro atoms. The van der Waals surface area contributed by atoms with Crippen LogP contribution in [0, 0.1) is 5.82 Å². The van der Waals surface area contributed by atoms with Crippen molar-refractivity contribution < 1.29 is 53.0 Å². The summed E-state index contributed by atoms with van der Waals surface area (Å²) in [6.45, 7) is 1.44. The molecule has 0 aliphatic heterocycles. The second-order valence-corrected chi connectivity index (χ2v) is 8.25. The minimum Gasteiger partial charge on any atom is -0.466 e. The fraction of sp³-hybridized carbons (Fsp3) is 0.238. The van der Waals surface area contributed by atoms with Crippen molar-refractivity contribution in [2.45, 2.75) is 30.6 Å². The number of nitrogens with zero attached hydrogens (tertiary/aromatic N) is 1. The third-order valence-corrected chi connectivity index (χ3v) is 5.16. The number of benzene rings is 2. The smallest absolute Gasteiger partial charge is 0.416 e. The van der Waals surface area contributed by atoms with Gasteiger partial charge in [-0.3, -0.25) is 9.08 Å². The molecule has 0 aliphatic carbocycles. The molecule has 0 aromatic heterocycles. The number of allylic oxidation sites excluding steroid dienone is 1. The van der Waals surface area contributed by atoms with Crippen LogP contribution in [0.2, 0.25) is 0 Å². The van der Waals surface area contributed by atoms with Gasteiger partial charge in [0.05, 0.1) is 29.9 Å². The zero-order valence-corrected chi connectivity index (χ0v) is 18.5. The maximum absolute atomic E-state index is 13.0. The van der Waals surface area contributed by atoms with Crippen molar-refractivity contribution in [3.8, 4) is 0 Å². The van der Waals surface area contributed by atoms with Gasteiger partial charge in [0.1, 0.15) is 10.7 Å². The lowest BCUT2D eigenvalue weighted by molar-refractivity contribution is -0.144. The number of alkyl halides is 6. The van der Waals surface area contributed by atoms with Gasteiger partial charge in [-0.2, -0.15) is 34.8 Å². The van der Waals surface area contributed by atoms with Crippen LogP contribution in [0.25, 0.3) is 6.08 Å². The molecule has 190 valence electrons. The van der Waals surface area contributed by atoms with Gasteiger partial charge in [0.2, 0.25) is 0 Å². The van der Waals surface area contributed by atoms with E-state index in [2.05, 4.69) is 9.44 Å². The average Bonchev–Trinajstić information content (AvgIpc) is 2.75. The van der Waals surface area contributed by atoms with Crippen LogP contribution in [0.4, 0.5) is 30.7 Å². The second-order valence-electron chi connectivity index (χ2n) is 6.72. The van der Waals surface area contributed by atoms with E-state index in [1.807, 2.05) is 0 Å². The van der Waals surface area contributed by atoms with E-state index in [-0.39, 0.29) is 24.8 Å². The Balaban J connectivity index is 2.44. The first kappa shape index (κ1) is 27.8. The maximum Gasteiger partial charge on any atom is 0.416 e. The summed E-state index contributed by atoms with van der Waals surface area (Å²) in [4.78, 5) is 10.3. The van der Waals surface area contributed by atoms with Gasteiger partial charge in [0.25, 0.3) is 0 Å². The molecule has 6 nitrogen and oxygen atoms in total. The Kier molecular flexibility index (Phi) is 8.65. The summed E-state index contributed by atoms with van der Waals surface area (Å²) in [5.74, 6) is -1.43. The zero-order chi connectivity index (χ0) is 26.4. The van der Waals surface area contributed by atoms with E-state index in [4.69, 9.17) is 4.74 Å². The highest BCUT2D eigenvalue weighted by molar-refractivity contribution is 7.86. The molecule has 0 fully saturated rings. The van der Waals surface area contributed by atoms with Crippen LogP contribution < -0.4 is 0 Å². The lowest BCUT2D eigenvalue weighted by Crippen LogP contribution is -2.15. The number of hydrogen-bond donors (Lipinski definition) is 0. The number of carbonyl (C=O) groups excluding carboxylic acids is 1. The Morgan fingerprint density at radius 2 is 1.51 bits per heavy atom. The molecule has 0 atom stereocenters. The zero-order valence-electron chi connectivity index (χ0n) is 17.7. The minimum absolute atomic E-state index is 0.0422. The molecular formula is C21H16F7NO5S. The van der Waals surface area contributed by atoms with E-state index >= 15 is 0 Å². The van der Waals surface area contributed by atoms with Crippen molar-refractivity contribution in [1.29, 1.82) is 0 Å². The van der Waals surface area contributed by atoms with E-state index in [0.29, 0.717) is 5.56 Å². The maximum atomic E-state index is 13.0. The quantitative estimate of drug-likeness (QED) is 0.194. The first-order valence-electron chi connectivity index (χ1n) is 9.51. The van der Waals surface area contributed by atoms with Crippen LogP contribution in [0.1, 0.15) is 30.0 Å². The number of halogens is 7. The van der Waals surface area contributed by atoms with Gasteiger partial charge in [-0.25, -0.2) is 4.39 Å². The molecule has 2 rings (SSSR count). The average molecular weight is 527 g/mol. The molecule has 0 saturated heterocycles. The highest BCUT2D eigenvalue weighted by Gasteiger charge is 2.38. The fourth-order valence-corrected chi connectivity index (χ4v) is 3.28. The van der Waals surface area contributed by atoms with Crippen molar-refractivity contribution in [2.75, 3.05) is 6.61 Å². The molecular weight excluding hydrogens is 511 g/mol. The number of esters is 1. The first-order chi connectivity index (χ1) is 16.1. The van der Waals surface area contributed by atoms with Gasteiger partial charge >= 0.3 is 28.4 Å². The third kappa shape index (κ3) is 8.38. The van der Waals surface area contributed by atoms with Crippen molar-refractivity contribution in [3.05, 3.63) is 71.0 Å². The molecule has 2 aromatic carbocycles. The largest absolute Gasteiger partial charge is 0.466 e. The van der Waals surface area contributed by atoms with Gasteiger partial charge < -0.3 is 4.74 Å². The number of rotatable bonds is 8. The van der Waals surface area contributed by atoms with Crippen LogP contribution in [0.5, 0.6) is 0 Å². The summed E-state index contributed by atoms with van der Waals surface area (Å²) in [7, 11) is -5.28. The topological polar surface area (TPSA) is 82.0 Å². The molecule has 0 heterocycles. The van der Waals surface area contributed by atoms with E-state index < -0.39 is 62.4 Å². The van der Waals surface area contributed by atoms with Crippen molar-refractivity contribution in [2.24, 2.45) is 5.16 Å². The molecule has 0 radical (unpaired) electrons. The second kappa shape index (κ2) is 10.9. The molecule has 2 aromatic rings. The predicted octanol–water partition coefficient (Wildman–Crippen LogP) is 5.59. The molecule has 0 bridgehead atoms. The molecule has 0 amide bonds. The Morgan fingerprint density at radius 3 is 2.00 bits per heavy atom. The number of ether oxygens (including phenoxy) is 1. The molecule has 0 aliphatic rings. The molecule has 35 heavy (non-hydrogen) atoms. The van der Waals surface area contributed by atoms with Crippen molar-refractivity contribution in [3.63, 3.8) is 0 Å². The standard InChI is InChI=1S/C21H16F7NO5S/c1-2-33-19(30)12-17(8-5-13-3-6-16(22)7-4-13)29-34-35(31,32)18-10-14(20(23,24)25)9-15(11-18)21(26,27)28/h3-11H,2,12H2,1H3/b8-5+,29-17-. The summed E-state index contributed by atoms with van der Waals surface area (Å²) < 4.78 is 125. The monoisotopic (exact) mass is 527 g/mol. The van der Waals surface area contributed by atoms with Gasteiger partial charge in [-0.1, -0.05) is 23.4 Å². The number of hydrogen-bond acceptors (Lipinski definition) is 6. The summed E-state index contributed by atoms with van der Waals surface area (Å²) in [5.41, 5.74) is -3.76. The Morgan fingerprint density at radius 1 is 0.971 bits per heavy atom. The van der Waals surface area contributed by atoms with Crippen LogP contribution >= 0.6 is 0 Å². The molecule has 0 saturated carbocycles. The SMILES string of the molecule is CCOC(=O)CC(/C=C/c1ccc(F)cc1)=N\OS(=O)(=O)c1cc(C(F)(F)F)cc(C(F)(F)F)c1. The van der Waals surface area contributed by atoms with Gasteiger partial charge in [0.15, 0.2) is 0 Å². The van der Waals surface area contributed by atoms with Gasteiger partial charge in [-0.15, -0.1) is 0 Å². The summed E-state index contributed by atoms with van der Waals surface area (Å²) in [6.07, 6.45) is -8.88. The van der Waals surface area contributed by atoms with E-state index in [0.717, 1.165) is 18.2 Å². The predicted molar refractivity (Wildman–Crippen MR) is 109 cm³/mol. The summed E-state index contributed by atoms with van der Waals surface area (Å²) in [5, 5.41) is 3.21. The Hall–Kier alpha value is -3.42. The molecule has 14 heteroatoms.